The van der Waals surface area contributed by atoms with Gasteiger partial charge in [-0.15, -0.1) is 0 Å². The Bertz CT molecular complexity index is 704. The molecule has 5 heteroatoms. The van der Waals surface area contributed by atoms with Crippen LogP contribution < -0.4 is 10.6 Å². The molecule has 0 saturated heterocycles. The van der Waals surface area contributed by atoms with E-state index in [4.69, 9.17) is 0 Å². The first-order valence-corrected chi connectivity index (χ1v) is 9.36. The Hall–Kier alpha value is -2.66. The second-order valence-electron chi connectivity index (χ2n) is 6.79. The average Bonchev–Trinajstić information content (AvgIpc) is 2.66. The maximum atomic E-state index is 12.3. The summed E-state index contributed by atoms with van der Waals surface area (Å²) >= 11 is 0. The smallest absolute Gasteiger partial charge is 0.222 e. The molecular weight excluding hydrogens is 338 g/mol. The molecule has 1 unspecified atom stereocenters. The molecule has 2 amide bonds. The van der Waals surface area contributed by atoms with Gasteiger partial charge in [-0.25, -0.2) is 0 Å². The van der Waals surface area contributed by atoms with Crippen LogP contribution in [-0.4, -0.2) is 36.9 Å². The molecule has 0 aliphatic heterocycles. The number of amides is 2. The zero-order chi connectivity index (χ0) is 19.5. The molecule has 2 aromatic carbocycles. The highest BCUT2D eigenvalue weighted by Crippen LogP contribution is 2.16. The van der Waals surface area contributed by atoms with Crippen molar-refractivity contribution in [1.29, 1.82) is 0 Å². The van der Waals surface area contributed by atoms with Crippen LogP contribution in [0.1, 0.15) is 36.9 Å². The van der Waals surface area contributed by atoms with Crippen molar-refractivity contribution >= 4 is 11.8 Å². The third-order valence-electron chi connectivity index (χ3n) is 4.30. The van der Waals surface area contributed by atoms with E-state index in [1.165, 1.54) is 12.5 Å². The number of nitrogens with zero attached hydrogens (tertiary/aromatic N) is 1. The van der Waals surface area contributed by atoms with Crippen molar-refractivity contribution in [2.24, 2.45) is 0 Å². The number of carbonyl (C=O) groups is 2. The fourth-order valence-corrected chi connectivity index (χ4v) is 2.99. The predicted octanol–water partition coefficient (Wildman–Crippen LogP) is 2.89. The van der Waals surface area contributed by atoms with Crippen LogP contribution in [0.5, 0.6) is 0 Å². The van der Waals surface area contributed by atoms with E-state index in [0.717, 1.165) is 25.1 Å². The minimum atomic E-state index is -0.301. The van der Waals surface area contributed by atoms with E-state index in [1.54, 1.807) is 0 Å². The van der Waals surface area contributed by atoms with E-state index in [2.05, 4.69) is 34.7 Å². The van der Waals surface area contributed by atoms with Crippen LogP contribution in [0.4, 0.5) is 0 Å². The molecule has 0 heterocycles. The molecule has 0 fully saturated rings. The molecule has 0 radical (unpaired) electrons. The summed E-state index contributed by atoms with van der Waals surface area (Å²) in [6, 6.07) is 19.6. The van der Waals surface area contributed by atoms with Gasteiger partial charge in [-0.3, -0.25) is 9.59 Å². The highest BCUT2D eigenvalue weighted by Gasteiger charge is 2.16. The minimum absolute atomic E-state index is 0.0525. The molecule has 2 N–H and O–H groups in total. The average molecular weight is 367 g/mol. The molecule has 0 aliphatic rings. The van der Waals surface area contributed by atoms with Crippen LogP contribution in [0.15, 0.2) is 60.7 Å². The summed E-state index contributed by atoms with van der Waals surface area (Å²) < 4.78 is 0. The molecule has 2 rings (SSSR count). The van der Waals surface area contributed by atoms with Gasteiger partial charge in [0.05, 0.1) is 12.5 Å². The molecular formula is C22H29N3O2. The summed E-state index contributed by atoms with van der Waals surface area (Å²) in [4.78, 5) is 26.0. The van der Waals surface area contributed by atoms with Gasteiger partial charge in [-0.05, 0) is 31.1 Å². The molecule has 0 saturated carbocycles. The number of benzene rings is 2. The molecule has 0 aromatic heterocycles. The van der Waals surface area contributed by atoms with Crippen molar-refractivity contribution in [1.82, 2.24) is 15.5 Å². The maximum absolute atomic E-state index is 12.3. The fraction of sp³-hybridized carbons (Fsp3) is 0.364. The molecule has 0 bridgehead atoms. The van der Waals surface area contributed by atoms with Gasteiger partial charge in [0.15, 0.2) is 0 Å². The van der Waals surface area contributed by atoms with Crippen LogP contribution in [-0.2, 0) is 16.1 Å². The van der Waals surface area contributed by atoms with E-state index in [-0.39, 0.29) is 24.3 Å². The van der Waals surface area contributed by atoms with Crippen molar-refractivity contribution in [2.75, 3.05) is 20.1 Å². The summed E-state index contributed by atoms with van der Waals surface area (Å²) in [5.74, 6) is -0.192. The number of nitrogens with one attached hydrogen (secondary N) is 2. The Balaban J connectivity index is 1.71. The largest absolute Gasteiger partial charge is 0.356 e. The van der Waals surface area contributed by atoms with E-state index in [1.807, 2.05) is 48.5 Å². The summed E-state index contributed by atoms with van der Waals surface area (Å²) in [5.41, 5.74) is 2.22. The van der Waals surface area contributed by atoms with Crippen molar-refractivity contribution < 1.29 is 9.59 Å². The van der Waals surface area contributed by atoms with Crippen LogP contribution in [0.25, 0.3) is 0 Å². The minimum Gasteiger partial charge on any atom is -0.356 e. The van der Waals surface area contributed by atoms with Crippen LogP contribution in [0, 0.1) is 0 Å². The first-order valence-electron chi connectivity index (χ1n) is 9.36. The quantitative estimate of drug-likeness (QED) is 0.635. The van der Waals surface area contributed by atoms with Crippen molar-refractivity contribution in [2.45, 2.75) is 32.4 Å². The lowest BCUT2D eigenvalue weighted by Crippen LogP contribution is -2.33. The molecule has 0 spiro atoms. The normalized spacial score (nSPS) is 11.8. The van der Waals surface area contributed by atoms with Gasteiger partial charge in [-0.2, -0.15) is 0 Å². The van der Waals surface area contributed by atoms with E-state index in [9.17, 15) is 9.59 Å². The third kappa shape index (κ3) is 8.05. The summed E-state index contributed by atoms with van der Waals surface area (Å²) in [7, 11) is 2.08. The molecule has 27 heavy (non-hydrogen) atoms. The zero-order valence-electron chi connectivity index (χ0n) is 16.2. The van der Waals surface area contributed by atoms with Gasteiger partial charge in [0.25, 0.3) is 0 Å². The molecule has 1 atom stereocenters. The van der Waals surface area contributed by atoms with Crippen LogP contribution in [0.3, 0.4) is 0 Å². The van der Waals surface area contributed by atoms with Gasteiger partial charge in [-0.1, -0.05) is 60.7 Å². The number of rotatable bonds is 10. The van der Waals surface area contributed by atoms with E-state index >= 15 is 0 Å². The highest BCUT2D eigenvalue weighted by molar-refractivity contribution is 5.79. The first-order chi connectivity index (χ1) is 13.0. The van der Waals surface area contributed by atoms with Crippen molar-refractivity contribution in [3.63, 3.8) is 0 Å². The third-order valence-corrected chi connectivity index (χ3v) is 4.30. The van der Waals surface area contributed by atoms with Crippen LogP contribution >= 0.6 is 0 Å². The second kappa shape index (κ2) is 11.1. The lowest BCUT2D eigenvalue weighted by Gasteiger charge is -2.19. The SMILES string of the molecule is CC(=O)NC(CC(=O)NCCCN(C)Cc1ccccc1)c1ccccc1. The van der Waals surface area contributed by atoms with Gasteiger partial charge in [0.1, 0.15) is 0 Å². The Morgan fingerprint density at radius 3 is 2.26 bits per heavy atom. The van der Waals surface area contributed by atoms with Gasteiger partial charge in [0, 0.05) is 20.0 Å². The van der Waals surface area contributed by atoms with Crippen molar-refractivity contribution in [3.05, 3.63) is 71.8 Å². The summed E-state index contributed by atoms with van der Waals surface area (Å²) in [5, 5.41) is 5.81. The Kier molecular flexibility index (Phi) is 8.52. The molecule has 5 nitrogen and oxygen atoms in total. The Labute approximate surface area is 161 Å². The number of carbonyl (C=O) groups excluding carboxylic acids is 2. The molecule has 2 aromatic rings. The second-order valence-corrected chi connectivity index (χ2v) is 6.79. The summed E-state index contributed by atoms with van der Waals surface area (Å²) in [6.07, 6.45) is 1.12. The number of hydrogen-bond donors (Lipinski definition) is 2. The predicted molar refractivity (Wildman–Crippen MR) is 108 cm³/mol. The lowest BCUT2D eigenvalue weighted by molar-refractivity contribution is -0.122. The highest BCUT2D eigenvalue weighted by atomic mass is 16.2. The molecule has 144 valence electrons. The van der Waals surface area contributed by atoms with Gasteiger partial charge >= 0.3 is 0 Å². The molecule has 0 aliphatic carbocycles. The lowest BCUT2D eigenvalue weighted by atomic mass is 10.0. The maximum Gasteiger partial charge on any atom is 0.222 e. The van der Waals surface area contributed by atoms with Crippen molar-refractivity contribution in [3.8, 4) is 0 Å². The van der Waals surface area contributed by atoms with Gasteiger partial charge < -0.3 is 15.5 Å². The van der Waals surface area contributed by atoms with Crippen LogP contribution in [0.2, 0.25) is 0 Å². The van der Waals surface area contributed by atoms with E-state index in [0.29, 0.717) is 6.54 Å². The Morgan fingerprint density at radius 1 is 1.00 bits per heavy atom. The monoisotopic (exact) mass is 367 g/mol. The fourth-order valence-electron chi connectivity index (χ4n) is 2.99. The first kappa shape index (κ1) is 20.6. The number of hydrogen-bond acceptors (Lipinski definition) is 3. The summed E-state index contributed by atoms with van der Waals surface area (Å²) in [6.45, 7) is 3.90. The van der Waals surface area contributed by atoms with E-state index < -0.39 is 0 Å². The topological polar surface area (TPSA) is 61.4 Å². The zero-order valence-corrected chi connectivity index (χ0v) is 16.2. The Morgan fingerprint density at radius 2 is 1.63 bits per heavy atom. The standard InChI is InChI=1S/C22H29N3O2/c1-18(26)24-21(20-12-7-4-8-13-20)16-22(27)23-14-9-15-25(2)17-19-10-5-3-6-11-19/h3-8,10-13,21H,9,14-17H2,1-2H3,(H,23,27)(H,24,26). The van der Waals surface area contributed by atoms with Gasteiger partial charge in [0.2, 0.25) is 11.8 Å².